The fourth-order valence-corrected chi connectivity index (χ4v) is 3.29. The third-order valence-electron chi connectivity index (χ3n) is 4.44. The molecule has 0 saturated heterocycles. The fraction of sp³-hybridized carbons (Fsp3) is 0.263. The van der Waals surface area contributed by atoms with Crippen molar-refractivity contribution < 1.29 is 0 Å². The summed E-state index contributed by atoms with van der Waals surface area (Å²) in [6.07, 6.45) is 5.13. The van der Waals surface area contributed by atoms with Crippen LogP contribution >= 0.6 is 11.6 Å². The number of aromatic nitrogens is 3. The molecule has 0 unspecified atom stereocenters. The largest absolute Gasteiger partial charge is 0.370 e. The molecule has 4 nitrogen and oxygen atoms in total. The van der Waals surface area contributed by atoms with Crippen LogP contribution in [0.2, 0.25) is 5.02 Å². The van der Waals surface area contributed by atoms with E-state index in [0.717, 1.165) is 59.3 Å². The maximum absolute atomic E-state index is 6.33. The summed E-state index contributed by atoms with van der Waals surface area (Å²) in [4.78, 5) is 4.50. The van der Waals surface area contributed by atoms with Crippen molar-refractivity contribution >= 4 is 17.4 Å². The number of aryl methyl sites for hydroxylation is 1. The zero-order chi connectivity index (χ0) is 16.5. The van der Waals surface area contributed by atoms with Gasteiger partial charge in [0, 0.05) is 23.3 Å². The molecular formula is C19H19ClN4. The third kappa shape index (κ3) is 2.67. The molecule has 5 heteroatoms. The first-order valence-corrected chi connectivity index (χ1v) is 8.65. The highest BCUT2D eigenvalue weighted by Crippen LogP contribution is 2.33. The van der Waals surface area contributed by atoms with Crippen LogP contribution in [0.25, 0.3) is 17.1 Å². The predicted octanol–water partition coefficient (Wildman–Crippen LogP) is 4.64. The van der Waals surface area contributed by atoms with Crippen LogP contribution in [0.1, 0.15) is 24.0 Å². The van der Waals surface area contributed by atoms with Crippen LogP contribution in [0, 0.1) is 6.92 Å². The number of pyridine rings is 1. The lowest BCUT2D eigenvalue weighted by Gasteiger charge is -2.10. The zero-order valence-electron chi connectivity index (χ0n) is 13.6. The molecule has 24 heavy (non-hydrogen) atoms. The van der Waals surface area contributed by atoms with Crippen molar-refractivity contribution in [3.8, 4) is 17.1 Å². The molecule has 1 aromatic carbocycles. The Morgan fingerprint density at radius 2 is 2.08 bits per heavy atom. The monoisotopic (exact) mass is 338 g/mol. The van der Waals surface area contributed by atoms with E-state index in [1.54, 1.807) is 0 Å². The average Bonchev–Trinajstić information content (AvgIpc) is 2.80. The van der Waals surface area contributed by atoms with Crippen LogP contribution in [-0.2, 0) is 6.42 Å². The van der Waals surface area contributed by atoms with E-state index in [9.17, 15) is 0 Å². The molecule has 122 valence electrons. The Morgan fingerprint density at radius 3 is 2.88 bits per heavy atom. The summed E-state index contributed by atoms with van der Waals surface area (Å²) >= 11 is 6.33. The molecule has 0 saturated carbocycles. The second kappa shape index (κ2) is 6.29. The van der Waals surface area contributed by atoms with Crippen molar-refractivity contribution in [3.63, 3.8) is 0 Å². The van der Waals surface area contributed by atoms with Gasteiger partial charge in [0.15, 0.2) is 0 Å². The third-order valence-corrected chi connectivity index (χ3v) is 4.84. The Kier molecular flexibility index (Phi) is 3.98. The fourth-order valence-electron chi connectivity index (χ4n) is 3.11. The Morgan fingerprint density at radius 1 is 1.17 bits per heavy atom. The molecule has 2 aromatic heterocycles. The maximum atomic E-state index is 6.33. The van der Waals surface area contributed by atoms with Gasteiger partial charge in [0.1, 0.15) is 11.5 Å². The number of hydrogen-bond acceptors (Lipinski definition) is 3. The van der Waals surface area contributed by atoms with Gasteiger partial charge in [-0.25, -0.2) is 4.68 Å². The Balaban J connectivity index is 1.91. The zero-order valence-corrected chi connectivity index (χ0v) is 14.3. The van der Waals surface area contributed by atoms with Crippen molar-refractivity contribution in [3.05, 3.63) is 58.7 Å². The molecule has 1 aliphatic heterocycles. The maximum Gasteiger partial charge on any atom is 0.133 e. The molecule has 0 amide bonds. The first kappa shape index (κ1) is 15.2. The summed E-state index contributed by atoms with van der Waals surface area (Å²) in [5.74, 6) is 1.06. The number of rotatable bonds is 2. The van der Waals surface area contributed by atoms with Crippen LogP contribution in [0.4, 0.5) is 5.82 Å². The van der Waals surface area contributed by atoms with E-state index in [4.69, 9.17) is 16.7 Å². The first-order valence-electron chi connectivity index (χ1n) is 8.28. The van der Waals surface area contributed by atoms with Gasteiger partial charge in [-0.2, -0.15) is 5.10 Å². The SMILES string of the molecule is Cc1ccc(-n2nc(-c3ccccn3)c3c2NCCCC3)cc1Cl. The molecule has 3 heterocycles. The summed E-state index contributed by atoms with van der Waals surface area (Å²) < 4.78 is 1.97. The highest BCUT2D eigenvalue weighted by molar-refractivity contribution is 6.31. The van der Waals surface area contributed by atoms with Crippen molar-refractivity contribution in [1.82, 2.24) is 14.8 Å². The second-order valence-corrected chi connectivity index (χ2v) is 6.53. The normalized spacial score (nSPS) is 13.9. The molecule has 1 aliphatic rings. The smallest absolute Gasteiger partial charge is 0.133 e. The molecule has 0 aliphatic carbocycles. The lowest BCUT2D eigenvalue weighted by atomic mass is 10.1. The Hall–Kier alpha value is -2.33. The number of halogens is 1. The minimum absolute atomic E-state index is 0.754. The van der Waals surface area contributed by atoms with Crippen LogP contribution in [-0.4, -0.2) is 21.3 Å². The van der Waals surface area contributed by atoms with E-state index < -0.39 is 0 Å². The predicted molar refractivity (Wildman–Crippen MR) is 98.0 cm³/mol. The van der Waals surface area contributed by atoms with Gasteiger partial charge in [-0.05, 0) is 56.0 Å². The number of nitrogens with one attached hydrogen (secondary N) is 1. The molecule has 4 rings (SSSR count). The highest BCUT2D eigenvalue weighted by Gasteiger charge is 2.22. The van der Waals surface area contributed by atoms with Crippen LogP contribution in [0.15, 0.2) is 42.6 Å². The molecule has 0 spiro atoms. The highest BCUT2D eigenvalue weighted by atomic mass is 35.5. The van der Waals surface area contributed by atoms with Crippen LogP contribution in [0.5, 0.6) is 0 Å². The molecular weight excluding hydrogens is 320 g/mol. The summed E-state index contributed by atoms with van der Waals surface area (Å²) in [6, 6.07) is 12.0. The Labute approximate surface area is 146 Å². The lowest BCUT2D eigenvalue weighted by Crippen LogP contribution is -2.07. The molecule has 0 bridgehead atoms. The van der Waals surface area contributed by atoms with Crippen molar-refractivity contribution in [2.24, 2.45) is 0 Å². The topological polar surface area (TPSA) is 42.7 Å². The van der Waals surface area contributed by atoms with Gasteiger partial charge in [0.25, 0.3) is 0 Å². The average molecular weight is 339 g/mol. The van der Waals surface area contributed by atoms with Crippen molar-refractivity contribution in [2.45, 2.75) is 26.2 Å². The minimum Gasteiger partial charge on any atom is -0.370 e. The van der Waals surface area contributed by atoms with Gasteiger partial charge in [-0.15, -0.1) is 0 Å². The number of nitrogens with zero attached hydrogens (tertiary/aromatic N) is 3. The molecule has 0 atom stereocenters. The van der Waals surface area contributed by atoms with E-state index in [1.165, 1.54) is 5.56 Å². The second-order valence-electron chi connectivity index (χ2n) is 6.12. The van der Waals surface area contributed by atoms with E-state index in [2.05, 4.69) is 16.4 Å². The molecule has 3 aromatic rings. The molecule has 0 fully saturated rings. The van der Waals surface area contributed by atoms with E-state index in [-0.39, 0.29) is 0 Å². The lowest BCUT2D eigenvalue weighted by molar-refractivity contribution is 0.779. The van der Waals surface area contributed by atoms with Gasteiger partial charge < -0.3 is 5.32 Å². The van der Waals surface area contributed by atoms with Gasteiger partial charge in [0.05, 0.1) is 11.4 Å². The number of fused-ring (bicyclic) bond motifs is 1. The van der Waals surface area contributed by atoms with E-state index in [1.807, 2.05) is 48.1 Å². The van der Waals surface area contributed by atoms with Crippen LogP contribution in [0.3, 0.4) is 0 Å². The van der Waals surface area contributed by atoms with Gasteiger partial charge in [-0.3, -0.25) is 4.98 Å². The van der Waals surface area contributed by atoms with E-state index >= 15 is 0 Å². The standard InChI is InChI=1S/C19H19ClN4/c1-13-8-9-14(12-16(13)20)24-19-15(6-2-4-11-22-19)18(23-24)17-7-3-5-10-21-17/h3,5,7-10,12,22H,2,4,6,11H2,1H3. The van der Waals surface area contributed by atoms with Crippen molar-refractivity contribution in [2.75, 3.05) is 11.9 Å². The first-order chi connectivity index (χ1) is 11.7. The van der Waals surface area contributed by atoms with Gasteiger partial charge >= 0.3 is 0 Å². The number of benzene rings is 1. The molecule has 1 N–H and O–H groups in total. The summed E-state index contributed by atoms with van der Waals surface area (Å²) in [6.45, 7) is 2.97. The summed E-state index contributed by atoms with van der Waals surface area (Å²) in [5, 5.41) is 9.18. The van der Waals surface area contributed by atoms with E-state index in [0.29, 0.717) is 0 Å². The number of hydrogen-bond donors (Lipinski definition) is 1. The number of anilines is 1. The minimum atomic E-state index is 0.754. The Bertz CT molecular complexity index is 871. The van der Waals surface area contributed by atoms with Crippen LogP contribution < -0.4 is 5.32 Å². The van der Waals surface area contributed by atoms with Crippen molar-refractivity contribution in [1.29, 1.82) is 0 Å². The summed E-state index contributed by atoms with van der Waals surface area (Å²) in [5.41, 5.74) is 5.14. The summed E-state index contributed by atoms with van der Waals surface area (Å²) in [7, 11) is 0. The van der Waals surface area contributed by atoms with Gasteiger partial charge in [-0.1, -0.05) is 23.7 Å². The van der Waals surface area contributed by atoms with Gasteiger partial charge in [0.2, 0.25) is 0 Å². The molecule has 0 radical (unpaired) electrons. The quantitative estimate of drug-likeness (QED) is 0.740.